The topological polar surface area (TPSA) is 51.2 Å². The van der Waals surface area contributed by atoms with E-state index in [9.17, 15) is 4.79 Å². The van der Waals surface area contributed by atoms with Crippen LogP contribution >= 0.6 is 22.9 Å². The standard InChI is InChI=1S/C25H21ClN2O2S/c1-17-2-12-22(13-3-17)30-15-14-24(29)27-21-10-6-18(7-11-21)23-16-31-25(28-23)19-4-8-20(26)9-5-19/h2-13,16H,14-15H2,1H3,(H,27,29). The second kappa shape index (κ2) is 9.77. The summed E-state index contributed by atoms with van der Waals surface area (Å²) in [6, 6.07) is 23.1. The summed E-state index contributed by atoms with van der Waals surface area (Å²) >= 11 is 7.55. The van der Waals surface area contributed by atoms with Crippen LogP contribution in [0.15, 0.2) is 78.2 Å². The fraction of sp³-hybridized carbons (Fsp3) is 0.120. The minimum absolute atomic E-state index is 0.0847. The summed E-state index contributed by atoms with van der Waals surface area (Å²) in [5, 5.41) is 6.58. The Morgan fingerprint density at radius 2 is 1.65 bits per heavy atom. The molecule has 1 amide bonds. The van der Waals surface area contributed by atoms with Gasteiger partial charge in [0.1, 0.15) is 10.8 Å². The molecule has 0 aliphatic heterocycles. The van der Waals surface area contributed by atoms with Gasteiger partial charge in [0.15, 0.2) is 0 Å². The van der Waals surface area contributed by atoms with E-state index in [1.54, 1.807) is 11.3 Å². The summed E-state index contributed by atoms with van der Waals surface area (Å²) in [5.74, 6) is 0.683. The lowest BCUT2D eigenvalue weighted by atomic mass is 10.1. The lowest BCUT2D eigenvalue weighted by Crippen LogP contribution is -2.15. The first kappa shape index (κ1) is 21.1. The van der Waals surface area contributed by atoms with Crippen LogP contribution in [0.5, 0.6) is 5.75 Å². The van der Waals surface area contributed by atoms with Crippen LogP contribution in [0, 0.1) is 6.92 Å². The number of thiazole rings is 1. The number of anilines is 1. The van der Waals surface area contributed by atoms with Gasteiger partial charge in [0, 0.05) is 27.2 Å². The van der Waals surface area contributed by atoms with Crippen LogP contribution in [0.3, 0.4) is 0 Å². The van der Waals surface area contributed by atoms with Gasteiger partial charge < -0.3 is 10.1 Å². The van der Waals surface area contributed by atoms with Gasteiger partial charge in [0.2, 0.25) is 5.91 Å². The molecule has 3 aromatic carbocycles. The van der Waals surface area contributed by atoms with Crippen molar-refractivity contribution in [2.24, 2.45) is 0 Å². The fourth-order valence-corrected chi connectivity index (χ4v) is 3.94. The van der Waals surface area contributed by atoms with Gasteiger partial charge in [0.25, 0.3) is 0 Å². The van der Waals surface area contributed by atoms with Gasteiger partial charge in [-0.3, -0.25) is 4.79 Å². The van der Waals surface area contributed by atoms with E-state index in [-0.39, 0.29) is 12.3 Å². The normalized spacial score (nSPS) is 10.6. The van der Waals surface area contributed by atoms with Gasteiger partial charge >= 0.3 is 0 Å². The molecule has 4 rings (SSSR count). The number of aryl methyl sites for hydroxylation is 1. The molecule has 31 heavy (non-hydrogen) atoms. The molecule has 0 fully saturated rings. The smallest absolute Gasteiger partial charge is 0.227 e. The van der Waals surface area contributed by atoms with E-state index in [2.05, 4.69) is 5.32 Å². The highest BCUT2D eigenvalue weighted by atomic mass is 35.5. The number of hydrogen-bond donors (Lipinski definition) is 1. The van der Waals surface area contributed by atoms with Crippen LogP contribution in [-0.2, 0) is 4.79 Å². The molecule has 0 aliphatic carbocycles. The van der Waals surface area contributed by atoms with Crippen LogP contribution in [-0.4, -0.2) is 17.5 Å². The molecular formula is C25H21ClN2O2S. The molecule has 0 atom stereocenters. The van der Waals surface area contributed by atoms with Crippen molar-refractivity contribution >= 4 is 34.5 Å². The Kier molecular flexibility index (Phi) is 6.65. The van der Waals surface area contributed by atoms with Crippen LogP contribution in [0.2, 0.25) is 5.02 Å². The van der Waals surface area contributed by atoms with Crippen LogP contribution < -0.4 is 10.1 Å². The second-order valence-electron chi connectivity index (χ2n) is 7.08. The first-order chi connectivity index (χ1) is 15.1. The molecule has 0 saturated carbocycles. The van der Waals surface area contributed by atoms with E-state index in [0.717, 1.165) is 33.3 Å². The van der Waals surface area contributed by atoms with Gasteiger partial charge in [-0.2, -0.15) is 0 Å². The quantitative estimate of drug-likeness (QED) is 0.336. The Bertz CT molecular complexity index is 1150. The third kappa shape index (κ3) is 5.72. The van der Waals surface area contributed by atoms with Gasteiger partial charge in [-0.05, 0) is 43.3 Å². The molecule has 1 heterocycles. The van der Waals surface area contributed by atoms with Crippen molar-refractivity contribution in [1.82, 2.24) is 4.98 Å². The lowest BCUT2D eigenvalue weighted by Gasteiger charge is -2.08. The highest BCUT2D eigenvalue weighted by molar-refractivity contribution is 7.13. The number of halogens is 1. The van der Waals surface area contributed by atoms with Crippen molar-refractivity contribution < 1.29 is 9.53 Å². The lowest BCUT2D eigenvalue weighted by molar-refractivity contribution is -0.116. The molecule has 156 valence electrons. The number of nitrogens with one attached hydrogen (secondary N) is 1. The van der Waals surface area contributed by atoms with Crippen molar-refractivity contribution in [3.63, 3.8) is 0 Å². The largest absolute Gasteiger partial charge is 0.493 e. The number of amides is 1. The van der Waals surface area contributed by atoms with E-state index >= 15 is 0 Å². The minimum Gasteiger partial charge on any atom is -0.493 e. The first-order valence-electron chi connectivity index (χ1n) is 9.88. The maximum absolute atomic E-state index is 12.2. The Morgan fingerprint density at radius 3 is 2.35 bits per heavy atom. The third-order valence-corrected chi connectivity index (χ3v) is 5.82. The summed E-state index contributed by atoms with van der Waals surface area (Å²) in [5.41, 5.74) is 4.86. The number of carbonyl (C=O) groups is 1. The molecule has 0 radical (unpaired) electrons. The number of hydrogen-bond acceptors (Lipinski definition) is 4. The van der Waals surface area contributed by atoms with Crippen LogP contribution in [0.1, 0.15) is 12.0 Å². The summed E-state index contributed by atoms with van der Waals surface area (Å²) in [6.07, 6.45) is 0.284. The average molecular weight is 449 g/mol. The van der Waals surface area contributed by atoms with Crippen LogP contribution in [0.25, 0.3) is 21.8 Å². The molecule has 0 bridgehead atoms. The van der Waals surface area contributed by atoms with E-state index < -0.39 is 0 Å². The number of rotatable bonds is 7. The van der Waals surface area contributed by atoms with E-state index in [1.807, 2.05) is 85.1 Å². The summed E-state index contributed by atoms with van der Waals surface area (Å²) < 4.78 is 5.62. The molecule has 0 unspecified atom stereocenters. The molecule has 1 N–H and O–H groups in total. The summed E-state index contributed by atoms with van der Waals surface area (Å²) in [4.78, 5) is 16.9. The first-order valence-corrected chi connectivity index (χ1v) is 11.1. The molecule has 0 saturated heterocycles. The second-order valence-corrected chi connectivity index (χ2v) is 8.38. The third-order valence-electron chi connectivity index (χ3n) is 4.68. The highest BCUT2D eigenvalue weighted by Gasteiger charge is 2.08. The predicted molar refractivity (Wildman–Crippen MR) is 128 cm³/mol. The van der Waals surface area contributed by atoms with E-state index in [4.69, 9.17) is 21.3 Å². The van der Waals surface area contributed by atoms with Crippen molar-refractivity contribution in [3.8, 4) is 27.6 Å². The van der Waals surface area contributed by atoms with Crippen molar-refractivity contribution in [2.75, 3.05) is 11.9 Å². The number of carbonyl (C=O) groups excluding carboxylic acids is 1. The van der Waals surface area contributed by atoms with Gasteiger partial charge in [-0.1, -0.05) is 53.6 Å². The molecule has 0 aliphatic rings. The number of nitrogens with zero attached hydrogens (tertiary/aromatic N) is 1. The zero-order chi connectivity index (χ0) is 21.6. The fourth-order valence-electron chi connectivity index (χ4n) is 2.98. The summed E-state index contributed by atoms with van der Waals surface area (Å²) in [7, 11) is 0. The molecular weight excluding hydrogens is 428 g/mol. The Hall–Kier alpha value is -3.15. The van der Waals surface area contributed by atoms with Gasteiger partial charge in [-0.15, -0.1) is 11.3 Å². The van der Waals surface area contributed by atoms with Crippen LogP contribution in [0.4, 0.5) is 5.69 Å². The number of ether oxygens (including phenoxy) is 1. The van der Waals surface area contributed by atoms with Crippen molar-refractivity contribution in [2.45, 2.75) is 13.3 Å². The van der Waals surface area contributed by atoms with Crippen molar-refractivity contribution in [1.29, 1.82) is 0 Å². The van der Waals surface area contributed by atoms with E-state index in [1.165, 1.54) is 5.56 Å². The monoisotopic (exact) mass is 448 g/mol. The zero-order valence-electron chi connectivity index (χ0n) is 17.0. The predicted octanol–water partition coefficient (Wildman–Crippen LogP) is 6.85. The number of aromatic nitrogens is 1. The van der Waals surface area contributed by atoms with E-state index in [0.29, 0.717) is 11.6 Å². The maximum atomic E-state index is 12.2. The molecule has 0 spiro atoms. The average Bonchev–Trinajstić information content (AvgIpc) is 3.26. The minimum atomic E-state index is -0.0847. The highest BCUT2D eigenvalue weighted by Crippen LogP contribution is 2.30. The Labute approximate surface area is 190 Å². The maximum Gasteiger partial charge on any atom is 0.227 e. The summed E-state index contributed by atoms with van der Waals surface area (Å²) in [6.45, 7) is 2.36. The zero-order valence-corrected chi connectivity index (χ0v) is 18.5. The SMILES string of the molecule is Cc1ccc(OCCC(=O)Nc2ccc(-c3csc(-c4ccc(Cl)cc4)n3)cc2)cc1. The van der Waals surface area contributed by atoms with Crippen molar-refractivity contribution in [3.05, 3.63) is 88.8 Å². The number of benzene rings is 3. The molecule has 1 aromatic heterocycles. The molecule has 4 nitrogen and oxygen atoms in total. The molecule has 4 aromatic rings. The molecule has 6 heteroatoms. The van der Waals surface area contributed by atoms with Gasteiger partial charge in [0.05, 0.1) is 18.7 Å². The Balaban J connectivity index is 1.31. The Morgan fingerprint density at radius 1 is 0.968 bits per heavy atom. The van der Waals surface area contributed by atoms with Gasteiger partial charge in [-0.25, -0.2) is 4.98 Å².